The molecule has 0 spiro atoms. The molecule has 0 amide bonds. The Labute approximate surface area is 208 Å². The molecule has 34 heavy (non-hydrogen) atoms. The number of ether oxygens (including phenoxy) is 2. The Balaban J connectivity index is 3.94. The molecule has 0 fully saturated rings. The second-order valence-corrected chi connectivity index (χ2v) is 9.78. The van der Waals surface area contributed by atoms with Crippen molar-refractivity contribution in [3.8, 4) is 0 Å². The summed E-state index contributed by atoms with van der Waals surface area (Å²) in [5, 5.41) is 8.55. The van der Waals surface area contributed by atoms with Crippen LogP contribution in [-0.2, 0) is 23.9 Å². The van der Waals surface area contributed by atoms with Gasteiger partial charge in [0.2, 0.25) is 0 Å². The predicted octanol–water partition coefficient (Wildman–Crippen LogP) is 7.61. The van der Waals surface area contributed by atoms with Gasteiger partial charge in [-0.05, 0) is 38.0 Å². The van der Waals surface area contributed by atoms with Crippen molar-refractivity contribution in [3.05, 3.63) is 0 Å². The van der Waals surface area contributed by atoms with E-state index in [9.17, 15) is 14.4 Å². The van der Waals surface area contributed by atoms with Crippen molar-refractivity contribution in [1.82, 2.24) is 0 Å². The highest BCUT2D eigenvalue weighted by Gasteiger charge is 2.17. The summed E-state index contributed by atoms with van der Waals surface area (Å²) in [6.45, 7) is 7.02. The van der Waals surface area contributed by atoms with Gasteiger partial charge in [-0.15, -0.1) is 0 Å². The average molecular weight is 485 g/mol. The van der Waals surface area contributed by atoms with Crippen LogP contribution in [0.5, 0.6) is 0 Å². The molecule has 0 aromatic rings. The Morgan fingerprint density at radius 2 is 1.26 bits per heavy atom. The molecule has 0 radical (unpaired) electrons. The number of carboxylic acid groups (broad SMARTS) is 1. The third kappa shape index (κ3) is 22.2. The highest BCUT2D eigenvalue weighted by atomic mass is 16.5. The molecule has 0 saturated heterocycles. The van der Waals surface area contributed by atoms with Gasteiger partial charge in [-0.1, -0.05) is 91.4 Å². The molecule has 0 saturated carbocycles. The minimum absolute atomic E-state index is 0.0197. The predicted molar refractivity (Wildman–Crippen MR) is 137 cm³/mol. The molecule has 2 unspecified atom stereocenters. The summed E-state index contributed by atoms with van der Waals surface area (Å²) in [4.78, 5) is 34.0. The summed E-state index contributed by atoms with van der Waals surface area (Å²) in [6, 6.07) is 0. The molecule has 1 N–H and O–H groups in total. The molecule has 0 aliphatic carbocycles. The molecule has 0 heterocycles. The third-order valence-electron chi connectivity index (χ3n) is 6.22. The van der Waals surface area contributed by atoms with Gasteiger partial charge in [-0.3, -0.25) is 14.4 Å². The molecule has 0 bridgehead atoms. The van der Waals surface area contributed by atoms with Crippen LogP contribution < -0.4 is 0 Å². The van der Waals surface area contributed by atoms with Crippen molar-refractivity contribution in [2.75, 3.05) is 6.61 Å². The number of unbranched alkanes of at least 4 members (excludes halogenated alkanes) is 10. The van der Waals surface area contributed by atoms with Crippen LogP contribution in [0.15, 0.2) is 0 Å². The number of carbonyl (C=O) groups is 3. The highest BCUT2D eigenvalue weighted by Crippen LogP contribution is 2.22. The maximum atomic E-state index is 12.2. The van der Waals surface area contributed by atoms with Gasteiger partial charge in [0.25, 0.3) is 0 Å². The maximum absolute atomic E-state index is 12.2. The van der Waals surface area contributed by atoms with Crippen LogP contribution >= 0.6 is 0 Å². The molecule has 0 aromatic carbocycles. The highest BCUT2D eigenvalue weighted by molar-refractivity contribution is 5.76. The summed E-state index contributed by atoms with van der Waals surface area (Å²) in [5.74, 6) is -0.859. The lowest BCUT2D eigenvalue weighted by molar-refractivity contribution is -0.150. The number of hydrogen-bond donors (Lipinski definition) is 1. The lowest BCUT2D eigenvalue weighted by atomic mass is 9.94. The van der Waals surface area contributed by atoms with E-state index in [0.29, 0.717) is 18.9 Å². The van der Waals surface area contributed by atoms with Crippen LogP contribution in [0.25, 0.3) is 0 Å². The van der Waals surface area contributed by atoms with Crippen LogP contribution in [-0.4, -0.2) is 35.7 Å². The Morgan fingerprint density at radius 3 is 1.94 bits per heavy atom. The van der Waals surface area contributed by atoms with Gasteiger partial charge in [0.05, 0.1) is 19.4 Å². The largest absolute Gasteiger partial charge is 0.481 e. The zero-order valence-corrected chi connectivity index (χ0v) is 22.3. The molecule has 200 valence electrons. The van der Waals surface area contributed by atoms with Gasteiger partial charge in [0.1, 0.15) is 6.10 Å². The average Bonchev–Trinajstić information content (AvgIpc) is 2.79. The second kappa shape index (κ2) is 23.2. The number of rotatable bonds is 24. The topological polar surface area (TPSA) is 89.9 Å². The minimum Gasteiger partial charge on any atom is -0.481 e. The van der Waals surface area contributed by atoms with Gasteiger partial charge < -0.3 is 14.6 Å². The SMILES string of the molecule is CCCCCCC(CC(C)CCCCCCCCOC(=O)CCC(=O)O)OC(=O)CCCCC. The van der Waals surface area contributed by atoms with E-state index in [1.54, 1.807) is 0 Å². The fourth-order valence-corrected chi connectivity index (χ4v) is 4.12. The summed E-state index contributed by atoms with van der Waals surface area (Å²) < 4.78 is 10.9. The number of aliphatic carboxylic acids is 1. The monoisotopic (exact) mass is 484 g/mol. The van der Waals surface area contributed by atoms with E-state index in [4.69, 9.17) is 14.6 Å². The zero-order valence-electron chi connectivity index (χ0n) is 22.3. The third-order valence-corrected chi connectivity index (χ3v) is 6.22. The molecule has 0 aromatic heterocycles. The van der Waals surface area contributed by atoms with Crippen LogP contribution in [0.3, 0.4) is 0 Å². The van der Waals surface area contributed by atoms with Gasteiger partial charge >= 0.3 is 17.9 Å². The minimum atomic E-state index is -0.975. The molecule has 6 nitrogen and oxygen atoms in total. The first-order chi connectivity index (χ1) is 16.4. The van der Waals surface area contributed by atoms with E-state index in [1.165, 1.54) is 44.9 Å². The molecular formula is C28H52O6. The van der Waals surface area contributed by atoms with Crippen LogP contribution in [0.4, 0.5) is 0 Å². The Bertz CT molecular complexity index is 519. The molecule has 0 rings (SSSR count). The number of hydrogen-bond acceptors (Lipinski definition) is 5. The fraction of sp³-hybridized carbons (Fsp3) is 0.893. The Hall–Kier alpha value is -1.59. The maximum Gasteiger partial charge on any atom is 0.306 e. The van der Waals surface area contributed by atoms with E-state index in [-0.39, 0.29) is 24.9 Å². The van der Waals surface area contributed by atoms with Crippen molar-refractivity contribution in [2.45, 2.75) is 149 Å². The van der Waals surface area contributed by atoms with E-state index in [2.05, 4.69) is 20.8 Å². The normalized spacial score (nSPS) is 12.8. The summed E-state index contributed by atoms with van der Waals surface area (Å²) in [7, 11) is 0. The Kier molecular flexibility index (Phi) is 22.1. The van der Waals surface area contributed by atoms with Crippen molar-refractivity contribution < 1.29 is 29.0 Å². The lowest BCUT2D eigenvalue weighted by Gasteiger charge is -2.22. The molecule has 2 atom stereocenters. The van der Waals surface area contributed by atoms with Crippen molar-refractivity contribution in [2.24, 2.45) is 5.92 Å². The summed E-state index contributed by atoms with van der Waals surface area (Å²) in [6.07, 6.45) is 18.0. The standard InChI is InChI=1S/C28H52O6/c1-4-6-8-15-18-25(34-28(32)19-13-7-5-2)23-24(3)17-14-11-9-10-12-16-22-33-27(31)21-20-26(29)30/h24-25H,4-23H2,1-3H3,(H,29,30). The first-order valence-electron chi connectivity index (χ1n) is 14.0. The van der Waals surface area contributed by atoms with E-state index in [1.807, 2.05) is 0 Å². The summed E-state index contributed by atoms with van der Waals surface area (Å²) >= 11 is 0. The van der Waals surface area contributed by atoms with Crippen molar-refractivity contribution in [1.29, 1.82) is 0 Å². The molecule has 0 aliphatic heterocycles. The second-order valence-electron chi connectivity index (χ2n) is 9.78. The molecular weight excluding hydrogens is 432 g/mol. The van der Waals surface area contributed by atoms with E-state index >= 15 is 0 Å². The van der Waals surface area contributed by atoms with E-state index < -0.39 is 11.9 Å². The van der Waals surface area contributed by atoms with Gasteiger partial charge in [-0.2, -0.15) is 0 Å². The number of esters is 2. The number of carbonyl (C=O) groups excluding carboxylic acids is 2. The van der Waals surface area contributed by atoms with Crippen molar-refractivity contribution >= 4 is 17.9 Å². The van der Waals surface area contributed by atoms with E-state index in [0.717, 1.165) is 57.8 Å². The fourth-order valence-electron chi connectivity index (χ4n) is 4.12. The van der Waals surface area contributed by atoms with Crippen LogP contribution in [0.2, 0.25) is 0 Å². The smallest absolute Gasteiger partial charge is 0.306 e. The first kappa shape index (κ1) is 32.4. The number of carboxylic acids is 1. The quantitative estimate of drug-likeness (QED) is 0.112. The summed E-state index contributed by atoms with van der Waals surface area (Å²) in [5.41, 5.74) is 0. The van der Waals surface area contributed by atoms with Gasteiger partial charge in [-0.25, -0.2) is 0 Å². The van der Waals surface area contributed by atoms with Gasteiger partial charge in [0, 0.05) is 6.42 Å². The van der Waals surface area contributed by atoms with Crippen LogP contribution in [0, 0.1) is 5.92 Å². The molecule has 6 heteroatoms. The zero-order chi connectivity index (χ0) is 25.4. The van der Waals surface area contributed by atoms with Crippen molar-refractivity contribution in [3.63, 3.8) is 0 Å². The van der Waals surface area contributed by atoms with Gasteiger partial charge in [0.15, 0.2) is 0 Å². The lowest BCUT2D eigenvalue weighted by Crippen LogP contribution is -2.21. The molecule has 0 aliphatic rings. The first-order valence-corrected chi connectivity index (χ1v) is 14.0. The van der Waals surface area contributed by atoms with Crippen LogP contribution in [0.1, 0.15) is 143 Å². The Morgan fingerprint density at radius 1 is 0.676 bits per heavy atom.